The van der Waals surface area contributed by atoms with E-state index in [9.17, 15) is 14.9 Å². The minimum atomic E-state index is -0.613. The fourth-order valence-electron chi connectivity index (χ4n) is 3.54. The number of thioether (sulfide) groups is 1. The third-order valence-corrected chi connectivity index (χ3v) is 5.74. The highest BCUT2D eigenvalue weighted by molar-refractivity contribution is 7.99. The van der Waals surface area contributed by atoms with Crippen molar-refractivity contribution < 1.29 is 13.9 Å². The lowest BCUT2D eigenvalue weighted by Crippen LogP contribution is -2.24. The Morgan fingerprint density at radius 1 is 1.27 bits per heavy atom. The number of hydrogen-bond donors (Lipinski definition) is 1. The Morgan fingerprint density at radius 3 is 2.61 bits per heavy atom. The second kappa shape index (κ2) is 9.72. The summed E-state index contributed by atoms with van der Waals surface area (Å²) in [5, 5.41) is 13.6. The molecule has 0 spiro atoms. The van der Waals surface area contributed by atoms with Gasteiger partial charge in [0, 0.05) is 11.3 Å². The van der Waals surface area contributed by atoms with Crippen molar-refractivity contribution in [3.05, 3.63) is 68.9 Å². The number of nitrogens with zero attached hydrogens (tertiary/aromatic N) is 1. The lowest BCUT2D eigenvalue weighted by atomic mass is 10.00. The lowest BCUT2D eigenvalue weighted by molar-refractivity contribution is 0.00706. The minimum Gasteiger partial charge on any atom is -0.456 e. The molecular weight excluding hydrogens is 436 g/mol. The van der Waals surface area contributed by atoms with Crippen molar-refractivity contribution in [2.75, 3.05) is 11.1 Å². The second-order valence-electron chi connectivity index (χ2n) is 8.78. The molecular formula is C26H28N2O4S. The number of esters is 1. The first-order valence-electron chi connectivity index (χ1n) is 10.8. The van der Waals surface area contributed by atoms with Crippen LogP contribution in [-0.4, -0.2) is 17.3 Å². The Morgan fingerprint density at radius 2 is 1.97 bits per heavy atom. The van der Waals surface area contributed by atoms with Crippen LogP contribution in [0.4, 0.5) is 5.69 Å². The summed E-state index contributed by atoms with van der Waals surface area (Å²) < 4.78 is 11.7. The summed E-state index contributed by atoms with van der Waals surface area (Å²) in [6, 6.07) is 12.5. The molecule has 172 valence electrons. The summed E-state index contributed by atoms with van der Waals surface area (Å²) in [6.45, 7) is 11.2. The first-order chi connectivity index (χ1) is 15.6. The number of aryl methyl sites for hydroxylation is 1. The molecule has 0 amide bonds. The first kappa shape index (κ1) is 24.4. The van der Waals surface area contributed by atoms with E-state index in [2.05, 4.69) is 5.32 Å². The van der Waals surface area contributed by atoms with E-state index in [-0.39, 0.29) is 17.0 Å². The zero-order chi connectivity index (χ0) is 24.3. The summed E-state index contributed by atoms with van der Waals surface area (Å²) in [5.41, 5.74) is 2.21. The number of carbonyl (C=O) groups is 1. The molecule has 0 aliphatic heterocycles. The molecule has 0 aliphatic carbocycles. The molecule has 0 fully saturated rings. The third-order valence-electron chi connectivity index (χ3n) is 4.90. The van der Waals surface area contributed by atoms with E-state index in [1.165, 1.54) is 11.8 Å². The number of benzene rings is 2. The Hall–Kier alpha value is -3.24. The van der Waals surface area contributed by atoms with Crippen LogP contribution >= 0.6 is 11.8 Å². The highest BCUT2D eigenvalue weighted by Crippen LogP contribution is 2.32. The van der Waals surface area contributed by atoms with Gasteiger partial charge in [-0.2, -0.15) is 5.26 Å². The van der Waals surface area contributed by atoms with Crippen molar-refractivity contribution in [2.24, 2.45) is 0 Å². The van der Waals surface area contributed by atoms with Crippen LogP contribution in [-0.2, 0) is 4.74 Å². The molecule has 3 aromatic rings. The molecule has 0 radical (unpaired) electrons. The van der Waals surface area contributed by atoms with Gasteiger partial charge in [0.05, 0.1) is 17.0 Å². The smallest absolute Gasteiger partial charge is 0.340 e. The van der Waals surface area contributed by atoms with Gasteiger partial charge >= 0.3 is 5.97 Å². The van der Waals surface area contributed by atoms with Crippen molar-refractivity contribution in [3.63, 3.8) is 0 Å². The number of nitriles is 1. The molecule has 33 heavy (non-hydrogen) atoms. The third kappa shape index (κ3) is 5.40. The Bertz CT molecular complexity index is 1300. The van der Waals surface area contributed by atoms with Gasteiger partial charge < -0.3 is 14.5 Å². The van der Waals surface area contributed by atoms with Crippen LogP contribution < -0.4 is 10.7 Å². The molecule has 1 heterocycles. The normalized spacial score (nSPS) is 12.3. The predicted octanol–water partition coefficient (Wildman–Crippen LogP) is 6.21. The van der Waals surface area contributed by atoms with Crippen molar-refractivity contribution in [3.8, 4) is 6.07 Å². The van der Waals surface area contributed by atoms with E-state index in [0.29, 0.717) is 33.1 Å². The van der Waals surface area contributed by atoms with Gasteiger partial charge in [-0.3, -0.25) is 4.79 Å². The average molecular weight is 465 g/mol. The van der Waals surface area contributed by atoms with Gasteiger partial charge in [0.1, 0.15) is 22.8 Å². The maximum Gasteiger partial charge on any atom is 0.340 e. The van der Waals surface area contributed by atoms with Crippen LogP contribution in [0, 0.1) is 18.3 Å². The first-order valence-corrected chi connectivity index (χ1v) is 11.8. The van der Waals surface area contributed by atoms with Crippen molar-refractivity contribution in [2.45, 2.75) is 58.3 Å². The number of carbonyl (C=O) groups excluding carboxylic acids is 1. The number of fused-ring (bicyclic) bond motifs is 1. The van der Waals surface area contributed by atoms with E-state index in [1.54, 1.807) is 18.2 Å². The highest BCUT2D eigenvalue weighted by atomic mass is 32.2. The van der Waals surface area contributed by atoms with E-state index < -0.39 is 11.6 Å². The Labute approximate surface area is 197 Å². The predicted molar refractivity (Wildman–Crippen MR) is 132 cm³/mol. The zero-order valence-corrected chi connectivity index (χ0v) is 20.6. The molecule has 2 aromatic carbocycles. The SMILES string of the molecule is CCSc1oc2c([C@@H](C)Nc3ccccc3C(=O)OC(C)(C)C)cc(C)cc2c(=O)c1C#N. The lowest BCUT2D eigenvalue weighted by Gasteiger charge is -2.23. The van der Waals surface area contributed by atoms with E-state index in [4.69, 9.17) is 9.15 Å². The van der Waals surface area contributed by atoms with Crippen LogP contribution in [0.5, 0.6) is 0 Å². The minimum absolute atomic E-state index is 0.0294. The molecule has 3 rings (SSSR count). The van der Waals surface area contributed by atoms with Crippen LogP contribution in [0.2, 0.25) is 0 Å². The topological polar surface area (TPSA) is 92.3 Å². The van der Waals surface area contributed by atoms with Crippen LogP contribution in [0.15, 0.2) is 50.7 Å². The van der Waals surface area contributed by atoms with Gasteiger partial charge in [0.25, 0.3) is 0 Å². The van der Waals surface area contributed by atoms with Gasteiger partial charge in [-0.1, -0.05) is 36.9 Å². The molecule has 1 atom stereocenters. The summed E-state index contributed by atoms with van der Waals surface area (Å²) in [4.78, 5) is 25.8. The summed E-state index contributed by atoms with van der Waals surface area (Å²) in [6.07, 6.45) is 0. The molecule has 1 N–H and O–H groups in total. The zero-order valence-electron chi connectivity index (χ0n) is 19.7. The summed E-state index contributed by atoms with van der Waals surface area (Å²) >= 11 is 1.32. The van der Waals surface area contributed by atoms with E-state index >= 15 is 0 Å². The number of anilines is 1. The monoisotopic (exact) mass is 464 g/mol. The van der Waals surface area contributed by atoms with Gasteiger partial charge in [-0.25, -0.2) is 4.79 Å². The molecule has 0 saturated carbocycles. The number of para-hydroxylation sites is 1. The summed E-state index contributed by atoms with van der Waals surface area (Å²) in [5.74, 6) is 0.250. The standard InChI is InChI=1S/C26H28N2O4S/c1-7-33-25-20(14-27)22(29)19-13-15(2)12-18(23(19)31-25)16(3)28-21-11-9-8-10-17(21)24(30)32-26(4,5)6/h8-13,16,28H,7H2,1-6H3/t16-/m1/s1. The molecule has 6 nitrogen and oxygen atoms in total. The van der Waals surface area contributed by atoms with Crippen molar-refractivity contribution >= 4 is 34.4 Å². The van der Waals surface area contributed by atoms with Crippen molar-refractivity contribution in [1.82, 2.24) is 0 Å². The van der Waals surface area contributed by atoms with Gasteiger partial charge in [0.2, 0.25) is 5.43 Å². The van der Waals surface area contributed by atoms with Gasteiger partial charge in [-0.05, 0) is 64.1 Å². The fraction of sp³-hybridized carbons (Fsp3) is 0.346. The highest BCUT2D eigenvalue weighted by Gasteiger charge is 2.23. The largest absolute Gasteiger partial charge is 0.456 e. The molecule has 1 aromatic heterocycles. The quantitative estimate of drug-likeness (QED) is 0.342. The van der Waals surface area contributed by atoms with Crippen LogP contribution in [0.3, 0.4) is 0 Å². The number of hydrogen-bond acceptors (Lipinski definition) is 7. The second-order valence-corrected chi connectivity index (χ2v) is 10.0. The molecule has 0 saturated heterocycles. The van der Waals surface area contributed by atoms with Crippen LogP contribution in [0.1, 0.15) is 67.7 Å². The molecule has 0 bridgehead atoms. The van der Waals surface area contributed by atoms with Gasteiger partial charge in [0.15, 0.2) is 5.09 Å². The van der Waals surface area contributed by atoms with E-state index in [1.807, 2.05) is 65.8 Å². The molecule has 0 unspecified atom stereocenters. The van der Waals surface area contributed by atoms with Crippen molar-refractivity contribution in [1.29, 1.82) is 5.26 Å². The fourth-order valence-corrected chi connectivity index (χ4v) is 4.22. The molecule has 7 heteroatoms. The number of rotatable bonds is 6. The maximum atomic E-state index is 13.0. The Kier molecular flexibility index (Phi) is 7.19. The number of ether oxygens (including phenoxy) is 1. The number of nitrogens with one attached hydrogen (secondary N) is 1. The summed E-state index contributed by atoms with van der Waals surface area (Å²) in [7, 11) is 0. The Balaban J connectivity index is 2.09. The van der Waals surface area contributed by atoms with Crippen LogP contribution in [0.25, 0.3) is 11.0 Å². The average Bonchev–Trinajstić information content (AvgIpc) is 2.73. The van der Waals surface area contributed by atoms with Gasteiger partial charge in [-0.15, -0.1) is 0 Å². The van der Waals surface area contributed by atoms with E-state index in [0.717, 1.165) is 11.1 Å². The maximum absolute atomic E-state index is 13.0. The molecule has 0 aliphatic rings.